The van der Waals surface area contributed by atoms with E-state index in [4.69, 9.17) is 4.74 Å². The quantitative estimate of drug-likeness (QED) is 0.444. The largest absolute Gasteiger partial charge is 0.383 e. The van der Waals surface area contributed by atoms with E-state index >= 15 is 0 Å². The monoisotopic (exact) mass is 301 g/mol. The Morgan fingerprint density at radius 3 is 2.85 bits per heavy atom. The molecule has 1 rings (SSSR count). The fraction of sp³-hybridized carbons (Fsp3) is 0.923. The van der Waals surface area contributed by atoms with Crippen LogP contribution in [0.3, 0.4) is 0 Å². The number of thioether (sulfide) groups is 1. The van der Waals surface area contributed by atoms with Gasteiger partial charge in [-0.3, -0.25) is 0 Å². The molecule has 0 fully saturated rings. The Bertz CT molecular complexity index is 334. The molecule has 7 heteroatoms. The minimum Gasteiger partial charge on any atom is -0.383 e. The average molecular weight is 301 g/mol. The number of nitrogens with zero attached hydrogens (tertiary/aromatic N) is 4. The normalized spacial score (nSPS) is 11.1. The van der Waals surface area contributed by atoms with Crippen LogP contribution in [0.15, 0.2) is 5.16 Å². The maximum atomic E-state index is 4.98. The molecular formula is C13H27N5OS. The second kappa shape index (κ2) is 12.1. The van der Waals surface area contributed by atoms with Crippen LogP contribution in [0, 0.1) is 0 Å². The first-order valence-corrected chi connectivity index (χ1v) is 8.45. The lowest BCUT2D eigenvalue weighted by atomic mass is 10.2. The lowest BCUT2D eigenvalue weighted by Crippen LogP contribution is -2.24. The summed E-state index contributed by atoms with van der Waals surface area (Å²) in [6.07, 6.45) is 6.52. The number of rotatable bonds is 13. The van der Waals surface area contributed by atoms with Gasteiger partial charge in [-0.2, -0.15) is 0 Å². The van der Waals surface area contributed by atoms with Gasteiger partial charge in [-0.1, -0.05) is 44.4 Å². The molecular weight excluding hydrogens is 274 g/mol. The summed E-state index contributed by atoms with van der Waals surface area (Å²) >= 11 is 1.75. The topological polar surface area (TPSA) is 64.9 Å². The highest BCUT2D eigenvalue weighted by Crippen LogP contribution is 2.16. The summed E-state index contributed by atoms with van der Waals surface area (Å²) in [6, 6.07) is 0. The molecule has 1 N–H and O–H groups in total. The molecule has 0 bridgehead atoms. The van der Waals surface area contributed by atoms with Crippen molar-refractivity contribution < 1.29 is 4.74 Å². The number of aromatic nitrogens is 4. The van der Waals surface area contributed by atoms with Crippen LogP contribution in [-0.4, -0.2) is 52.8 Å². The summed E-state index contributed by atoms with van der Waals surface area (Å²) in [5.41, 5.74) is 0. The standard InChI is InChI=1S/C13H27N5OS/c1-3-4-5-6-7-12-20-13-15-16-17-18(13)10-8-14-9-11-19-2/h14H,3-12H2,1-2H3. The van der Waals surface area contributed by atoms with E-state index in [1.54, 1.807) is 18.9 Å². The zero-order valence-corrected chi connectivity index (χ0v) is 13.5. The van der Waals surface area contributed by atoms with Crippen LogP contribution in [0.4, 0.5) is 0 Å². The summed E-state index contributed by atoms with van der Waals surface area (Å²) in [6.45, 7) is 5.49. The molecule has 1 aromatic heterocycles. The number of nitrogens with one attached hydrogen (secondary N) is 1. The highest BCUT2D eigenvalue weighted by molar-refractivity contribution is 7.99. The van der Waals surface area contributed by atoms with Crippen molar-refractivity contribution in [1.29, 1.82) is 0 Å². The van der Waals surface area contributed by atoms with E-state index in [1.807, 2.05) is 4.68 Å². The van der Waals surface area contributed by atoms with Crippen molar-refractivity contribution in [3.63, 3.8) is 0 Å². The second-order valence-corrected chi connectivity index (χ2v) is 5.75. The van der Waals surface area contributed by atoms with Crippen LogP contribution in [0.5, 0.6) is 0 Å². The van der Waals surface area contributed by atoms with E-state index in [1.165, 1.54) is 32.1 Å². The molecule has 0 amide bonds. The molecule has 1 heterocycles. The van der Waals surface area contributed by atoms with Crippen molar-refractivity contribution in [2.45, 2.75) is 50.7 Å². The van der Waals surface area contributed by atoms with Crippen molar-refractivity contribution in [3.8, 4) is 0 Å². The Kier molecular flexibility index (Phi) is 10.5. The lowest BCUT2D eigenvalue weighted by Gasteiger charge is -2.05. The van der Waals surface area contributed by atoms with Gasteiger partial charge < -0.3 is 10.1 Å². The third kappa shape index (κ3) is 7.81. The molecule has 116 valence electrons. The Balaban J connectivity index is 2.11. The smallest absolute Gasteiger partial charge is 0.209 e. The first-order chi connectivity index (χ1) is 9.88. The molecule has 0 aliphatic carbocycles. The predicted molar refractivity (Wildman–Crippen MR) is 82.0 cm³/mol. The van der Waals surface area contributed by atoms with Crippen LogP contribution in [0.25, 0.3) is 0 Å². The number of methoxy groups -OCH3 is 1. The molecule has 0 unspecified atom stereocenters. The number of tetrazole rings is 1. The van der Waals surface area contributed by atoms with E-state index in [-0.39, 0.29) is 0 Å². The summed E-state index contributed by atoms with van der Waals surface area (Å²) in [4.78, 5) is 0. The van der Waals surface area contributed by atoms with Gasteiger partial charge in [0, 0.05) is 26.0 Å². The summed E-state index contributed by atoms with van der Waals surface area (Å²) in [7, 11) is 1.71. The second-order valence-electron chi connectivity index (χ2n) is 4.69. The van der Waals surface area contributed by atoms with Gasteiger partial charge in [-0.15, -0.1) is 5.10 Å². The molecule has 0 radical (unpaired) electrons. The molecule has 1 aromatic rings. The van der Waals surface area contributed by atoms with E-state index < -0.39 is 0 Å². The molecule has 0 aliphatic heterocycles. The lowest BCUT2D eigenvalue weighted by molar-refractivity contribution is 0.199. The van der Waals surface area contributed by atoms with Gasteiger partial charge >= 0.3 is 0 Å². The minimum atomic E-state index is 0.731. The molecule has 20 heavy (non-hydrogen) atoms. The third-order valence-corrected chi connectivity index (χ3v) is 4.00. The van der Waals surface area contributed by atoms with Crippen molar-refractivity contribution in [2.24, 2.45) is 0 Å². The van der Waals surface area contributed by atoms with Crippen LogP contribution in [0.2, 0.25) is 0 Å². The predicted octanol–water partition coefficient (Wildman–Crippen LogP) is 1.97. The molecule has 0 atom stereocenters. The van der Waals surface area contributed by atoms with Crippen molar-refractivity contribution in [3.05, 3.63) is 0 Å². The van der Waals surface area contributed by atoms with Crippen LogP contribution < -0.4 is 5.32 Å². The van der Waals surface area contributed by atoms with Gasteiger partial charge in [-0.05, 0) is 16.8 Å². The first-order valence-electron chi connectivity index (χ1n) is 7.47. The molecule has 6 nitrogen and oxygen atoms in total. The van der Waals surface area contributed by atoms with Gasteiger partial charge in [0.05, 0.1) is 13.2 Å². The van der Waals surface area contributed by atoms with E-state index in [0.29, 0.717) is 0 Å². The Hall–Kier alpha value is -0.660. The van der Waals surface area contributed by atoms with Gasteiger partial charge in [0.25, 0.3) is 0 Å². The maximum absolute atomic E-state index is 4.98. The molecule has 0 aliphatic rings. The summed E-state index contributed by atoms with van der Waals surface area (Å²) in [5.74, 6) is 1.10. The number of ether oxygens (including phenoxy) is 1. The average Bonchev–Trinajstić information content (AvgIpc) is 2.90. The molecule has 0 spiro atoms. The Morgan fingerprint density at radius 2 is 2.05 bits per heavy atom. The van der Waals surface area contributed by atoms with Crippen LogP contribution in [0.1, 0.15) is 39.0 Å². The fourth-order valence-electron chi connectivity index (χ4n) is 1.79. The molecule has 0 aromatic carbocycles. The van der Waals surface area contributed by atoms with E-state index in [0.717, 1.165) is 37.2 Å². The van der Waals surface area contributed by atoms with Crippen molar-refractivity contribution in [2.75, 3.05) is 32.6 Å². The molecule has 0 saturated carbocycles. The Morgan fingerprint density at radius 1 is 1.20 bits per heavy atom. The van der Waals surface area contributed by atoms with Crippen molar-refractivity contribution >= 4 is 11.8 Å². The van der Waals surface area contributed by atoms with Crippen LogP contribution >= 0.6 is 11.8 Å². The zero-order chi connectivity index (χ0) is 14.5. The Labute approximate surface area is 126 Å². The van der Waals surface area contributed by atoms with Crippen LogP contribution in [-0.2, 0) is 11.3 Å². The SMILES string of the molecule is CCCCCCCSc1nnnn1CCNCCOC. The van der Waals surface area contributed by atoms with E-state index in [2.05, 4.69) is 27.8 Å². The summed E-state index contributed by atoms with van der Waals surface area (Å²) in [5, 5.41) is 16.1. The van der Waals surface area contributed by atoms with Gasteiger partial charge in [-0.25, -0.2) is 4.68 Å². The van der Waals surface area contributed by atoms with E-state index in [9.17, 15) is 0 Å². The van der Waals surface area contributed by atoms with Gasteiger partial charge in [0.1, 0.15) is 0 Å². The first kappa shape index (κ1) is 17.4. The third-order valence-electron chi connectivity index (χ3n) is 2.96. The highest BCUT2D eigenvalue weighted by Gasteiger charge is 2.05. The van der Waals surface area contributed by atoms with Gasteiger partial charge in [0.15, 0.2) is 0 Å². The maximum Gasteiger partial charge on any atom is 0.209 e. The number of hydrogen-bond acceptors (Lipinski definition) is 6. The summed E-state index contributed by atoms with van der Waals surface area (Å²) < 4.78 is 6.85. The highest BCUT2D eigenvalue weighted by atomic mass is 32.2. The van der Waals surface area contributed by atoms with Crippen molar-refractivity contribution in [1.82, 2.24) is 25.5 Å². The number of unbranched alkanes of at least 4 members (excludes halogenated alkanes) is 4. The number of hydrogen-bond donors (Lipinski definition) is 1. The molecule has 0 saturated heterocycles. The minimum absolute atomic E-state index is 0.731. The zero-order valence-electron chi connectivity index (χ0n) is 12.7. The van der Waals surface area contributed by atoms with Gasteiger partial charge in [0.2, 0.25) is 5.16 Å². The fourth-order valence-corrected chi connectivity index (χ4v) is 2.70.